The first-order chi connectivity index (χ1) is 4.65. The molecule has 0 rings (SSSR count). The Labute approximate surface area is 71.7 Å². The van der Waals surface area contributed by atoms with Gasteiger partial charge in [-0.25, -0.2) is 0 Å². The predicted octanol–water partition coefficient (Wildman–Crippen LogP) is 2.08. The molecule has 3 heteroatoms. The minimum Gasteiger partial charge on any atom is -0.772 e. The van der Waals surface area contributed by atoms with Crippen LogP contribution in [0.3, 0.4) is 0 Å². The average Bonchev–Trinajstić information content (AvgIpc) is 1.56. The maximum atomic E-state index is 10.7. The number of hydrogen-bond acceptors (Lipinski definition) is 2. The summed E-state index contributed by atoms with van der Waals surface area (Å²) in [5, 5.41) is 0. The molecule has 11 heavy (non-hydrogen) atoms. The zero-order chi connectivity index (χ0) is 9.28. The summed E-state index contributed by atoms with van der Waals surface area (Å²) in [6.07, 6.45) is 0.691. The SMILES string of the molecule is CC(C)(C)CC(C)(C)S(=O)[O-]. The third-order valence-electron chi connectivity index (χ3n) is 1.41. The second-order valence-electron chi connectivity index (χ2n) is 4.73. The van der Waals surface area contributed by atoms with Crippen molar-refractivity contribution in [3.05, 3.63) is 0 Å². The van der Waals surface area contributed by atoms with Crippen molar-refractivity contribution in [1.29, 1.82) is 0 Å². The first-order valence-electron chi connectivity index (χ1n) is 3.74. The molecule has 0 aliphatic carbocycles. The lowest BCUT2D eigenvalue weighted by Crippen LogP contribution is -2.31. The molecule has 0 heterocycles. The van der Waals surface area contributed by atoms with Crippen molar-refractivity contribution in [3.8, 4) is 0 Å². The zero-order valence-corrected chi connectivity index (χ0v) is 8.75. The van der Waals surface area contributed by atoms with Crippen LogP contribution in [-0.2, 0) is 11.1 Å². The van der Waals surface area contributed by atoms with Gasteiger partial charge in [-0.15, -0.1) is 0 Å². The predicted molar refractivity (Wildman–Crippen MR) is 47.1 cm³/mol. The van der Waals surface area contributed by atoms with Crippen molar-refractivity contribution in [1.82, 2.24) is 0 Å². The summed E-state index contributed by atoms with van der Waals surface area (Å²) in [7, 11) is 0. The Morgan fingerprint density at radius 1 is 1.18 bits per heavy atom. The van der Waals surface area contributed by atoms with Crippen LogP contribution < -0.4 is 0 Å². The Bertz CT molecular complexity index is 156. The second-order valence-corrected chi connectivity index (χ2v) is 6.31. The monoisotopic (exact) mass is 177 g/mol. The quantitative estimate of drug-likeness (QED) is 0.606. The molecule has 0 saturated carbocycles. The molecular weight excluding hydrogens is 160 g/mol. The minimum atomic E-state index is -1.97. The summed E-state index contributed by atoms with van der Waals surface area (Å²) in [5.41, 5.74) is 0.0730. The molecule has 0 bridgehead atoms. The molecule has 0 aliphatic rings. The maximum absolute atomic E-state index is 10.7. The lowest BCUT2D eigenvalue weighted by atomic mass is 9.86. The van der Waals surface area contributed by atoms with E-state index in [-0.39, 0.29) is 5.41 Å². The van der Waals surface area contributed by atoms with E-state index in [1.54, 1.807) is 13.8 Å². The smallest absolute Gasteiger partial charge is 0.0276 e. The lowest BCUT2D eigenvalue weighted by Gasteiger charge is -2.33. The van der Waals surface area contributed by atoms with E-state index < -0.39 is 15.8 Å². The highest BCUT2D eigenvalue weighted by molar-refractivity contribution is 7.80. The molecule has 2 nitrogen and oxygen atoms in total. The average molecular weight is 177 g/mol. The summed E-state index contributed by atoms with van der Waals surface area (Å²) in [6, 6.07) is 0. The molecule has 68 valence electrons. The van der Waals surface area contributed by atoms with Crippen molar-refractivity contribution in [2.24, 2.45) is 5.41 Å². The van der Waals surface area contributed by atoms with Crippen LogP contribution in [0.25, 0.3) is 0 Å². The van der Waals surface area contributed by atoms with E-state index in [4.69, 9.17) is 0 Å². The fraction of sp³-hybridized carbons (Fsp3) is 1.00. The fourth-order valence-corrected chi connectivity index (χ4v) is 1.89. The van der Waals surface area contributed by atoms with E-state index in [0.29, 0.717) is 6.42 Å². The van der Waals surface area contributed by atoms with Gasteiger partial charge < -0.3 is 4.55 Å². The van der Waals surface area contributed by atoms with Gasteiger partial charge in [0.05, 0.1) is 0 Å². The highest BCUT2D eigenvalue weighted by Gasteiger charge is 2.26. The Balaban J connectivity index is 4.25. The number of rotatable bonds is 2. The van der Waals surface area contributed by atoms with Crippen LogP contribution in [-0.4, -0.2) is 13.5 Å². The highest BCUT2D eigenvalue weighted by atomic mass is 32.2. The summed E-state index contributed by atoms with van der Waals surface area (Å²) >= 11 is -1.97. The van der Waals surface area contributed by atoms with Crippen molar-refractivity contribution in [2.75, 3.05) is 0 Å². The Hall–Kier alpha value is 0.110. The molecule has 1 unspecified atom stereocenters. The van der Waals surface area contributed by atoms with Gasteiger partial charge in [0.1, 0.15) is 0 Å². The van der Waals surface area contributed by atoms with Crippen molar-refractivity contribution < 1.29 is 8.76 Å². The minimum absolute atomic E-state index is 0.0730. The van der Waals surface area contributed by atoms with Gasteiger partial charge in [0.2, 0.25) is 0 Å². The molecule has 0 spiro atoms. The van der Waals surface area contributed by atoms with Gasteiger partial charge >= 0.3 is 0 Å². The Morgan fingerprint density at radius 2 is 1.55 bits per heavy atom. The summed E-state index contributed by atoms with van der Waals surface area (Å²) in [5.74, 6) is 0. The van der Waals surface area contributed by atoms with Gasteiger partial charge in [-0.2, -0.15) is 0 Å². The summed E-state index contributed by atoms with van der Waals surface area (Å²) in [4.78, 5) is 0. The molecule has 0 amide bonds. The maximum Gasteiger partial charge on any atom is 0.0276 e. The van der Waals surface area contributed by atoms with Crippen LogP contribution in [0.4, 0.5) is 0 Å². The Kier molecular flexibility index (Phi) is 3.27. The molecule has 0 aromatic rings. The molecule has 0 aromatic carbocycles. The lowest BCUT2D eigenvalue weighted by molar-refractivity contribution is 0.324. The van der Waals surface area contributed by atoms with E-state index in [0.717, 1.165) is 0 Å². The first kappa shape index (κ1) is 11.1. The number of hydrogen-bond donors (Lipinski definition) is 0. The molecule has 0 aliphatic heterocycles. The van der Waals surface area contributed by atoms with Gasteiger partial charge in [0.25, 0.3) is 0 Å². The van der Waals surface area contributed by atoms with E-state index in [9.17, 15) is 8.76 Å². The highest BCUT2D eigenvalue weighted by Crippen LogP contribution is 2.29. The van der Waals surface area contributed by atoms with Crippen LogP contribution in [0.15, 0.2) is 0 Å². The van der Waals surface area contributed by atoms with E-state index in [1.165, 1.54) is 0 Å². The second kappa shape index (κ2) is 3.23. The molecule has 0 radical (unpaired) electrons. The molecule has 0 fully saturated rings. The molecule has 0 aromatic heterocycles. The molecule has 0 saturated heterocycles. The van der Waals surface area contributed by atoms with Crippen LogP contribution in [0.1, 0.15) is 41.0 Å². The van der Waals surface area contributed by atoms with E-state index in [2.05, 4.69) is 0 Å². The third kappa shape index (κ3) is 4.53. The van der Waals surface area contributed by atoms with Crippen molar-refractivity contribution >= 4 is 11.1 Å². The van der Waals surface area contributed by atoms with Crippen LogP contribution in [0, 0.1) is 5.41 Å². The summed E-state index contributed by atoms with van der Waals surface area (Å²) in [6.45, 7) is 9.63. The largest absolute Gasteiger partial charge is 0.772 e. The van der Waals surface area contributed by atoms with Gasteiger partial charge in [0.15, 0.2) is 0 Å². The Morgan fingerprint density at radius 3 is 1.64 bits per heavy atom. The normalized spacial score (nSPS) is 16.5. The van der Waals surface area contributed by atoms with E-state index >= 15 is 0 Å². The standard InChI is InChI=1S/C8H18O2S/c1-7(2,3)6-8(4,5)11(9)10/h6H2,1-5H3,(H,9,10)/p-1. The van der Waals surface area contributed by atoms with E-state index in [1.807, 2.05) is 20.8 Å². The van der Waals surface area contributed by atoms with Crippen molar-refractivity contribution in [2.45, 2.75) is 45.8 Å². The molecular formula is C8H17O2S-. The van der Waals surface area contributed by atoms with Crippen LogP contribution in [0.5, 0.6) is 0 Å². The third-order valence-corrected chi connectivity index (χ3v) is 2.45. The zero-order valence-electron chi connectivity index (χ0n) is 7.93. The van der Waals surface area contributed by atoms with Gasteiger partial charge in [-0.3, -0.25) is 4.21 Å². The summed E-state index contributed by atoms with van der Waals surface area (Å²) < 4.78 is 20.8. The van der Waals surface area contributed by atoms with Gasteiger partial charge in [-0.1, -0.05) is 20.8 Å². The topological polar surface area (TPSA) is 40.1 Å². The molecule has 0 N–H and O–H groups in total. The van der Waals surface area contributed by atoms with Crippen LogP contribution >= 0.6 is 0 Å². The molecule has 1 atom stereocenters. The van der Waals surface area contributed by atoms with Gasteiger partial charge in [0, 0.05) is 4.75 Å². The van der Waals surface area contributed by atoms with Gasteiger partial charge in [-0.05, 0) is 36.8 Å². The van der Waals surface area contributed by atoms with Crippen molar-refractivity contribution in [3.63, 3.8) is 0 Å². The van der Waals surface area contributed by atoms with Crippen LogP contribution in [0.2, 0.25) is 0 Å². The fourth-order valence-electron chi connectivity index (χ4n) is 1.34. The first-order valence-corrected chi connectivity index (χ1v) is 4.82.